The van der Waals surface area contributed by atoms with Crippen molar-refractivity contribution in [3.05, 3.63) is 23.1 Å². The molecule has 0 unspecified atom stereocenters. The number of imidazole rings is 1. The lowest BCUT2D eigenvalue weighted by Gasteiger charge is -1.93. The number of aromatic nitrogens is 3. The normalized spacial score (nSPS) is 10.6. The van der Waals surface area contributed by atoms with Crippen LogP contribution in [0, 0.1) is 0 Å². The van der Waals surface area contributed by atoms with E-state index in [2.05, 4.69) is 9.97 Å². The highest BCUT2D eigenvalue weighted by Crippen LogP contribution is 2.14. The Morgan fingerprint density at radius 3 is 2.92 bits per heavy atom. The van der Waals surface area contributed by atoms with Crippen molar-refractivity contribution in [2.45, 2.75) is 0 Å². The lowest BCUT2D eigenvalue weighted by Crippen LogP contribution is -1.94. The zero-order valence-corrected chi connectivity index (χ0v) is 7.62. The van der Waals surface area contributed by atoms with Gasteiger partial charge in [-0.2, -0.15) is 0 Å². The summed E-state index contributed by atoms with van der Waals surface area (Å²) in [6.45, 7) is 0. The van der Waals surface area contributed by atoms with Gasteiger partial charge in [0.25, 0.3) is 0 Å². The molecule has 0 N–H and O–H groups in total. The lowest BCUT2D eigenvalue weighted by atomic mass is 10.4. The molecule has 13 heavy (non-hydrogen) atoms. The SMILES string of the molecule is Cn1c(C=O)nc2nc(Cl)ccc21. The molecule has 0 spiro atoms. The number of halogens is 1. The maximum absolute atomic E-state index is 10.5. The first-order chi connectivity index (χ1) is 6.22. The van der Waals surface area contributed by atoms with Crippen LogP contribution in [0.4, 0.5) is 0 Å². The van der Waals surface area contributed by atoms with E-state index >= 15 is 0 Å². The van der Waals surface area contributed by atoms with Crippen LogP contribution in [-0.2, 0) is 7.05 Å². The fraction of sp³-hybridized carbons (Fsp3) is 0.125. The Morgan fingerprint density at radius 2 is 2.23 bits per heavy atom. The number of aryl methyl sites for hydroxylation is 1. The van der Waals surface area contributed by atoms with E-state index in [1.54, 1.807) is 23.7 Å². The zero-order chi connectivity index (χ0) is 9.42. The molecule has 0 radical (unpaired) electrons. The Balaban J connectivity index is 2.83. The predicted octanol–water partition coefficient (Wildman–Crippen LogP) is 1.43. The molecule has 2 aromatic rings. The Bertz CT molecular complexity index is 477. The van der Waals surface area contributed by atoms with Crippen LogP contribution in [0.2, 0.25) is 5.15 Å². The Labute approximate surface area is 79.2 Å². The van der Waals surface area contributed by atoms with E-state index in [1.165, 1.54) is 0 Å². The average Bonchev–Trinajstić information content (AvgIpc) is 2.42. The molecule has 0 aromatic carbocycles. The lowest BCUT2D eigenvalue weighted by molar-refractivity contribution is 0.111. The second kappa shape index (κ2) is 2.81. The summed E-state index contributed by atoms with van der Waals surface area (Å²) in [5.41, 5.74) is 1.30. The van der Waals surface area contributed by atoms with E-state index in [-0.39, 0.29) is 0 Å². The van der Waals surface area contributed by atoms with E-state index in [4.69, 9.17) is 11.6 Å². The van der Waals surface area contributed by atoms with Crippen LogP contribution < -0.4 is 0 Å². The molecule has 2 rings (SSSR count). The van der Waals surface area contributed by atoms with Crippen molar-refractivity contribution in [2.75, 3.05) is 0 Å². The first-order valence-corrected chi connectivity index (χ1v) is 4.04. The summed E-state index contributed by atoms with van der Waals surface area (Å²) in [6.07, 6.45) is 0.690. The van der Waals surface area contributed by atoms with Gasteiger partial charge < -0.3 is 4.57 Å². The van der Waals surface area contributed by atoms with Gasteiger partial charge in [0, 0.05) is 7.05 Å². The minimum Gasteiger partial charge on any atom is -0.324 e. The number of carbonyl (C=O) groups is 1. The summed E-state index contributed by atoms with van der Waals surface area (Å²) in [4.78, 5) is 18.5. The Hall–Kier alpha value is -1.42. The molecule has 66 valence electrons. The second-order valence-corrected chi connectivity index (χ2v) is 3.01. The maximum atomic E-state index is 10.5. The molecule has 4 nitrogen and oxygen atoms in total. The summed E-state index contributed by atoms with van der Waals surface area (Å²) in [5.74, 6) is 0.352. The number of rotatable bonds is 1. The number of hydrogen-bond acceptors (Lipinski definition) is 3. The number of fused-ring (bicyclic) bond motifs is 1. The van der Waals surface area contributed by atoms with Crippen LogP contribution in [-0.4, -0.2) is 20.8 Å². The topological polar surface area (TPSA) is 47.8 Å². The van der Waals surface area contributed by atoms with Crippen LogP contribution in [0.25, 0.3) is 11.2 Å². The van der Waals surface area contributed by atoms with Gasteiger partial charge in [-0.15, -0.1) is 0 Å². The summed E-state index contributed by atoms with van der Waals surface area (Å²) < 4.78 is 1.67. The fourth-order valence-corrected chi connectivity index (χ4v) is 1.32. The van der Waals surface area contributed by atoms with Gasteiger partial charge in [0.05, 0.1) is 5.52 Å². The van der Waals surface area contributed by atoms with Gasteiger partial charge in [-0.3, -0.25) is 4.79 Å². The first-order valence-electron chi connectivity index (χ1n) is 3.66. The number of hydrogen-bond donors (Lipinski definition) is 0. The van der Waals surface area contributed by atoms with Crippen LogP contribution in [0.15, 0.2) is 12.1 Å². The van der Waals surface area contributed by atoms with Crippen LogP contribution >= 0.6 is 11.6 Å². The zero-order valence-electron chi connectivity index (χ0n) is 6.86. The van der Waals surface area contributed by atoms with E-state index in [0.29, 0.717) is 22.9 Å². The van der Waals surface area contributed by atoms with Crippen molar-refractivity contribution in [3.8, 4) is 0 Å². The average molecular weight is 196 g/mol. The molecule has 2 heterocycles. The van der Waals surface area contributed by atoms with Crippen molar-refractivity contribution in [1.29, 1.82) is 0 Å². The maximum Gasteiger partial charge on any atom is 0.185 e. The minimum atomic E-state index is 0.352. The highest BCUT2D eigenvalue weighted by atomic mass is 35.5. The van der Waals surface area contributed by atoms with Crippen LogP contribution in [0.1, 0.15) is 10.6 Å². The molecule has 0 bridgehead atoms. The van der Waals surface area contributed by atoms with Gasteiger partial charge in [0.15, 0.2) is 17.8 Å². The van der Waals surface area contributed by atoms with E-state index in [0.717, 1.165) is 5.52 Å². The molecule has 0 amide bonds. The molecule has 0 saturated carbocycles. The Morgan fingerprint density at radius 1 is 1.46 bits per heavy atom. The van der Waals surface area contributed by atoms with Gasteiger partial charge in [-0.05, 0) is 12.1 Å². The highest BCUT2D eigenvalue weighted by molar-refractivity contribution is 6.29. The van der Waals surface area contributed by atoms with Crippen LogP contribution in [0.5, 0.6) is 0 Å². The van der Waals surface area contributed by atoms with E-state index in [9.17, 15) is 4.79 Å². The largest absolute Gasteiger partial charge is 0.324 e. The fourth-order valence-electron chi connectivity index (χ4n) is 1.17. The molecule has 0 aliphatic rings. The molecule has 2 aromatic heterocycles. The first kappa shape index (κ1) is 8.19. The van der Waals surface area contributed by atoms with Crippen molar-refractivity contribution < 1.29 is 4.79 Å². The quantitative estimate of drug-likeness (QED) is 0.511. The van der Waals surface area contributed by atoms with Gasteiger partial charge in [0.2, 0.25) is 0 Å². The smallest absolute Gasteiger partial charge is 0.185 e. The summed E-state index contributed by atoms with van der Waals surface area (Å²) >= 11 is 5.67. The number of aldehydes is 1. The molecular weight excluding hydrogens is 190 g/mol. The van der Waals surface area contributed by atoms with Crippen molar-refractivity contribution in [2.24, 2.45) is 7.05 Å². The minimum absolute atomic E-state index is 0.352. The standard InChI is InChI=1S/C8H6ClN3O/c1-12-5-2-3-6(9)10-8(5)11-7(12)4-13/h2-4H,1H3. The third kappa shape index (κ3) is 1.19. The van der Waals surface area contributed by atoms with Crippen molar-refractivity contribution >= 4 is 29.1 Å². The third-order valence-electron chi connectivity index (χ3n) is 1.85. The third-order valence-corrected chi connectivity index (χ3v) is 2.06. The summed E-state index contributed by atoms with van der Waals surface area (Å²) in [5, 5.41) is 0.378. The van der Waals surface area contributed by atoms with Crippen molar-refractivity contribution in [3.63, 3.8) is 0 Å². The molecule has 0 fully saturated rings. The summed E-state index contributed by atoms with van der Waals surface area (Å²) in [7, 11) is 1.76. The van der Waals surface area contributed by atoms with Gasteiger partial charge in [0.1, 0.15) is 5.15 Å². The molecule has 0 aliphatic carbocycles. The molecule has 0 saturated heterocycles. The number of carbonyl (C=O) groups excluding carboxylic acids is 1. The van der Waals surface area contributed by atoms with E-state index in [1.807, 2.05) is 0 Å². The molecule has 0 atom stereocenters. The monoisotopic (exact) mass is 195 g/mol. The van der Waals surface area contributed by atoms with Crippen LogP contribution in [0.3, 0.4) is 0 Å². The highest BCUT2D eigenvalue weighted by Gasteiger charge is 2.07. The molecule has 5 heteroatoms. The Kier molecular flexibility index (Phi) is 1.77. The second-order valence-electron chi connectivity index (χ2n) is 2.62. The van der Waals surface area contributed by atoms with Crippen molar-refractivity contribution in [1.82, 2.24) is 14.5 Å². The van der Waals surface area contributed by atoms with Gasteiger partial charge in [-0.1, -0.05) is 11.6 Å². The number of nitrogens with zero attached hydrogens (tertiary/aromatic N) is 3. The van der Waals surface area contributed by atoms with Gasteiger partial charge >= 0.3 is 0 Å². The predicted molar refractivity (Wildman–Crippen MR) is 48.9 cm³/mol. The summed E-state index contributed by atoms with van der Waals surface area (Å²) in [6, 6.07) is 3.45. The molecular formula is C8H6ClN3O. The number of pyridine rings is 1. The van der Waals surface area contributed by atoms with Gasteiger partial charge in [-0.25, -0.2) is 9.97 Å². The van der Waals surface area contributed by atoms with E-state index < -0.39 is 0 Å². The molecule has 0 aliphatic heterocycles.